The first kappa shape index (κ1) is 9.05. The van der Waals surface area contributed by atoms with E-state index in [1.165, 1.54) is 25.5 Å². The monoisotopic (exact) mass is 165 g/mol. The third-order valence-corrected chi connectivity index (χ3v) is 2.40. The Morgan fingerprint density at radius 2 is 2.00 bits per heavy atom. The average molecular weight is 165 g/mol. The molecular weight excluding hydrogens is 150 g/mol. The van der Waals surface area contributed by atoms with Crippen LogP contribution in [0.5, 0.6) is 0 Å². The Hall–Kier alpha value is -1.04. The summed E-state index contributed by atoms with van der Waals surface area (Å²) in [4.78, 5) is 0. The minimum absolute atomic E-state index is 0.485. The lowest BCUT2D eigenvalue weighted by Gasteiger charge is -2.36. The normalized spacial score (nSPS) is 30.6. The second-order valence-electron chi connectivity index (χ2n) is 3.38. The zero-order chi connectivity index (χ0) is 8.97. The number of piperidine rings is 1. The highest BCUT2D eigenvalue weighted by atomic mass is 15.5. The molecule has 3 nitrogen and oxygen atoms in total. The van der Waals surface area contributed by atoms with Crippen LogP contribution in [0.4, 0.5) is 0 Å². The van der Waals surface area contributed by atoms with E-state index in [9.17, 15) is 0 Å². The van der Waals surface area contributed by atoms with Crippen LogP contribution in [0.2, 0.25) is 0 Å². The van der Waals surface area contributed by atoms with E-state index in [1.54, 1.807) is 0 Å². The number of nitrogens with zero attached hydrogens (tertiary/aromatic N) is 3. The van der Waals surface area contributed by atoms with E-state index in [0.717, 1.165) is 0 Å². The van der Waals surface area contributed by atoms with Crippen LogP contribution in [0, 0.1) is 11.3 Å². The van der Waals surface area contributed by atoms with Crippen LogP contribution in [0.3, 0.4) is 0 Å². The van der Waals surface area contributed by atoms with E-state index in [2.05, 4.69) is 18.9 Å². The summed E-state index contributed by atoms with van der Waals surface area (Å²) in [5.74, 6) is 0. The Morgan fingerprint density at radius 3 is 2.50 bits per heavy atom. The molecule has 66 valence electrons. The first-order chi connectivity index (χ1) is 5.75. The molecule has 0 unspecified atom stereocenters. The molecule has 0 radical (unpaired) electrons. The second-order valence-corrected chi connectivity index (χ2v) is 3.38. The highest BCUT2D eigenvalue weighted by molar-refractivity contribution is 5.74. The van der Waals surface area contributed by atoms with Gasteiger partial charge in [-0.05, 0) is 33.1 Å². The fourth-order valence-electron chi connectivity index (χ4n) is 1.73. The molecule has 0 bridgehead atoms. The van der Waals surface area contributed by atoms with Crippen LogP contribution in [0.1, 0.15) is 33.1 Å². The van der Waals surface area contributed by atoms with Gasteiger partial charge < -0.3 is 0 Å². The highest BCUT2D eigenvalue weighted by Gasteiger charge is 2.22. The fraction of sp³-hybridized carbons (Fsp3) is 0.778. The summed E-state index contributed by atoms with van der Waals surface area (Å²) in [6.07, 6.45) is 4.97. The molecule has 0 aromatic heterocycles. The van der Waals surface area contributed by atoms with Gasteiger partial charge in [-0.2, -0.15) is 10.4 Å². The maximum absolute atomic E-state index is 8.34. The molecular formula is C9H15N3. The Kier molecular flexibility index (Phi) is 3.09. The zero-order valence-corrected chi connectivity index (χ0v) is 7.70. The molecule has 1 heterocycles. The molecule has 0 aliphatic carbocycles. The van der Waals surface area contributed by atoms with Crippen molar-refractivity contribution in [3.8, 4) is 6.07 Å². The van der Waals surface area contributed by atoms with Crippen molar-refractivity contribution in [1.82, 2.24) is 5.01 Å². The molecule has 1 aliphatic heterocycles. The molecule has 2 atom stereocenters. The van der Waals surface area contributed by atoms with Crippen LogP contribution in [-0.2, 0) is 0 Å². The van der Waals surface area contributed by atoms with E-state index < -0.39 is 0 Å². The third kappa shape index (κ3) is 1.97. The summed E-state index contributed by atoms with van der Waals surface area (Å²) in [7, 11) is 0. The molecule has 0 saturated carbocycles. The lowest BCUT2D eigenvalue weighted by Crippen LogP contribution is -2.39. The fourth-order valence-corrected chi connectivity index (χ4v) is 1.73. The summed E-state index contributed by atoms with van der Waals surface area (Å²) in [6, 6.07) is 2.89. The maximum atomic E-state index is 8.34. The van der Waals surface area contributed by atoms with Crippen LogP contribution in [-0.4, -0.2) is 23.3 Å². The van der Waals surface area contributed by atoms with Crippen LogP contribution in [0.15, 0.2) is 5.10 Å². The summed E-state index contributed by atoms with van der Waals surface area (Å²) < 4.78 is 0. The van der Waals surface area contributed by atoms with Gasteiger partial charge in [-0.1, -0.05) is 0 Å². The molecule has 12 heavy (non-hydrogen) atoms. The Morgan fingerprint density at radius 1 is 1.42 bits per heavy atom. The van der Waals surface area contributed by atoms with Crippen LogP contribution in [0.25, 0.3) is 0 Å². The molecule has 0 amide bonds. The Labute approximate surface area is 73.7 Å². The minimum Gasteiger partial charge on any atom is -0.291 e. The largest absolute Gasteiger partial charge is 0.291 e. The Balaban J connectivity index is 2.58. The molecule has 0 spiro atoms. The van der Waals surface area contributed by atoms with Gasteiger partial charge in [-0.3, -0.25) is 5.01 Å². The van der Waals surface area contributed by atoms with Crippen molar-refractivity contribution in [2.24, 2.45) is 5.10 Å². The van der Waals surface area contributed by atoms with E-state index in [4.69, 9.17) is 5.26 Å². The van der Waals surface area contributed by atoms with Gasteiger partial charge in [0.2, 0.25) is 0 Å². The van der Waals surface area contributed by atoms with Gasteiger partial charge in [-0.15, -0.1) is 0 Å². The van der Waals surface area contributed by atoms with Crippen molar-refractivity contribution >= 4 is 6.21 Å². The van der Waals surface area contributed by atoms with Gasteiger partial charge in [0, 0.05) is 12.1 Å². The first-order valence-corrected chi connectivity index (χ1v) is 4.46. The van der Waals surface area contributed by atoms with Gasteiger partial charge in [0.25, 0.3) is 0 Å². The number of hydrogen-bond donors (Lipinski definition) is 0. The number of hydrogen-bond acceptors (Lipinski definition) is 3. The van der Waals surface area contributed by atoms with E-state index in [1.807, 2.05) is 11.1 Å². The van der Waals surface area contributed by atoms with Crippen molar-refractivity contribution in [2.75, 3.05) is 0 Å². The molecule has 1 aliphatic rings. The van der Waals surface area contributed by atoms with Gasteiger partial charge in [-0.25, -0.2) is 0 Å². The maximum Gasteiger partial charge on any atom is 0.124 e. The van der Waals surface area contributed by atoms with Crippen LogP contribution < -0.4 is 0 Å². The second kappa shape index (κ2) is 4.10. The SMILES string of the molecule is C[C@@H]1CCC[C@H](C)N1N=CC#N. The van der Waals surface area contributed by atoms with Crippen LogP contribution >= 0.6 is 0 Å². The third-order valence-electron chi connectivity index (χ3n) is 2.40. The number of nitriles is 1. The molecule has 0 N–H and O–H groups in total. The summed E-state index contributed by atoms with van der Waals surface area (Å²) in [6.45, 7) is 4.31. The standard InChI is InChI=1S/C9H15N3/c1-8-4-3-5-9(2)12(8)11-7-6-10/h7-9H,3-5H2,1-2H3/t8-,9+. The smallest absolute Gasteiger partial charge is 0.124 e. The van der Waals surface area contributed by atoms with E-state index >= 15 is 0 Å². The molecule has 3 heteroatoms. The van der Waals surface area contributed by atoms with E-state index in [0.29, 0.717) is 12.1 Å². The van der Waals surface area contributed by atoms with E-state index in [-0.39, 0.29) is 0 Å². The summed E-state index contributed by atoms with van der Waals surface area (Å²) in [5, 5.41) is 14.5. The van der Waals surface area contributed by atoms with Crippen molar-refractivity contribution in [3.05, 3.63) is 0 Å². The first-order valence-electron chi connectivity index (χ1n) is 4.46. The van der Waals surface area contributed by atoms with Gasteiger partial charge >= 0.3 is 0 Å². The molecule has 1 saturated heterocycles. The molecule has 1 fully saturated rings. The average Bonchev–Trinajstić information content (AvgIpc) is 2.04. The predicted octanol–water partition coefficient (Wildman–Crippen LogP) is 1.76. The highest BCUT2D eigenvalue weighted by Crippen LogP contribution is 2.21. The summed E-state index contributed by atoms with van der Waals surface area (Å²) >= 11 is 0. The number of hydrazone groups is 1. The van der Waals surface area contributed by atoms with Gasteiger partial charge in [0.05, 0.1) is 0 Å². The van der Waals surface area contributed by atoms with Gasteiger partial charge in [0.1, 0.15) is 12.3 Å². The topological polar surface area (TPSA) is 39.4 Å². The van der Waals surface area contributed by atoms with Crippen molar-refractivity contribution in [3.63, 3.8) is 0 Å². The van der Waals surface area contributed by atoms with Crippen molar-refractivity contribution in [2.45, 2.75) is 45.2 Å². The lowest BCUT2D eigenvalue weighted by molar-refractivity contribution is 0.109. The van der Waals surface area contributed by atoms with Crippen molar-refractivity contribution in [1.29, 1.82) is 5.26 Å². The molecule has 1 rings (SSSR count). The summed E-state index contributed by atoms with van der Waals surface area (Å²) in [5.41, 5.74) is 0. The number of rotatable bonds is 1. The molecule has 0 aromatic carbocycles. The molecule has 0 aromatic rings. The Bertz CT molecular complexity index is 194. The quantitative estimate of drug-likeness (QED) is 0.555. The van der Waals surface area contributed by atoms with Crippen molar-refractivity contribution < 1.29 is 0 Å². The predicted molar refractivity (Wildman–Crippen MR) is 48.7 cm³/mol. The van der Waals surface area contributed by atoms with Gasteiger partial charge in [0.15, 0.2) is 0 Å². The zero-order valence-electron chi connectivity index (χ0n) is 7.70. The minimum atomic E-state index is 0.485. The lowest BCUT2D eigenvalue weighted by atomic mass is 10.00.